The second-order valence-corrected chi connectivity index (χ2v) is 5.64. The molecule has 1 aromatic carbocycles. The van der Waals surface area contributed by atoms with Gasteiger partial charge in [0.25, 0.3) is 0 Å². The molecule has 0 unspecified atom stereocenters. The van der Waals surface area contributed by atoms with Crippen LogP contribution >= 0.6 is 11.8 Å². The molecule has 0 bridgehead atoms. The molecule has 0 aromatic heterocycles. The Morgan fingerprint density at radius 2 is 1.94 bits per heavy atom. The molecule has 16 heavy (non-hydrogen) atoms. The van der Waals surface area contributed by atoms with E-state index in [-0.39, 0.29) is 0 Å². The normalized spacial score (nSPS) is 10.2. The SMILES string of the molecule is CC(C)Sc1ccc(N(C)CCC#N)cc1. The molecule has 2 nitrogen and oxygen atoms in total. The molecule has 0 N–H and O–H groups in total. The fourth-order valence-corrected chi connectivity index (χ4v) is 2.24. The van der Waals surface area contributed by atoms with Crippen molar-refractivity contribution in [2.24, 2.45) is 0 Å². The Labute approximate surface area is 102 Å². The summed E-state index contributed by atoms with van der Waals surface area (Å²) in [7, 11) is 2.02. The third kappa shape index (κ3) is 4.16. The maximum absolute atomic E-state index is 8.53. The van der Waals surface area contributed by atoms with E-state index < -0.39 is 0 Å². The van der Waals surface area contributed by atoms with Crippen molar-refractivity contribution in [3.63, 3.8) is 0 Å². The van der Waals surface area contributed by atoms with Crippen LogP contribution in [0.25, 0.3) is 0 Å². The second-order valence-electron chi connectivity index (χ2n) is 3.99. The monoisotopic (exact) mass is 234 g/mol. The van der Waals surface area contributed by atoms with Crippen LogP contribution in [0.15, 0.2) is 29.2 Å². The van der Waals surface area contributed by atoms with E-state index in [0.29, 0.717) is 11.7 Å². The Kier molecular flexibility index (Phi) is 5.21. The first-order chi connectivity index (χ1) is 7.63. The van der Waals surface area contributed by atoms with E-state index in [9.17, 15) is 0 Å². The fourth-order valence-electron chi connectivity index (χ4n) is 1.40. The van der Waals surface area contributed by atoms with Gasteiger partial charge in [-0.3, -0.25) is 0 Å². The molecule has 0 spiro atoms. The molecule has 0 fully saturated rings. The van der Waals surface area contributed by atoms with Crippen molar-refractivity contribution < 1.29 is 0 Å². The standard InChI is InChI=1S/C13H18N2S/c1-11(2)16-13-7-5-12(6-8-13)15(3)10-4-9-14/h5-8,11H,4,10H2,1-3H3. The van der Waals surface area contributed by atoms with Crippen molar-refractivity contribution in [2.75, 3.05) is 18.5 Å². The highest BCUT2D eigenvalue weighted by atomic mass is 32.2. The quantitative estimate of drug-likeness (QED) is 0.729. The van der Waals surface area contributed by atoms with Crippen molar-refractivity contribution in [2.45, 2.75) is 30.4 Å². The summed E-state index contributed by atoms with van der Waals surface area (Å²) < 4.78 is 0. The summed E-state index contributed by atoms with van der Waals surface area (Å²) >= 11 is 1.87. The lowest BCUT2D eigenvalue weighted by Gasteiger charge is -2.18. The Bertz CT molecular complexity index is 351. The lowest BCUT2D eigenvalue weighted by molar-refractivity contribution is 0.904. The van der Waals surface area contributed by atoms with Gasteiger partial charge in [0, 0.05) is 29.4 Å². The number of nitriles is 1. The summed E-state index contributed by atoms with van der Waals surface area (Å²) in [5.74, 6) is 0. The molecule has 0 atom stereocenters. The number of anilines is 1. The van der Waals surface area contributed by atoms with Gasteiger partial charge in [-0.05, 0) is 24.3 Å². The summed E-state index contributed by atoms with van der Waals surface area (Å²) in [6.07, 6.45) is 0.568. The molecule has 0 aliphatic rings. The third-order valence-electron chi connectivity index (χ3n) is 2.21. The Hall–Kier alpha value is -1.14. The van der Waals surface area contributed by atoms with Gasteiger partial charge in [0.05, 0.1) is 12.5 Å². The highest BCUT2D eigenvalue weighted by Gasteiger charge is 2.02. The van der Waals surface area contributed by atoms with E-state index >= 15 is 0 Å². The summed E-state index contributed by atoms with van der Waals surface area (Å²) in [6, 6.07) is 10.7. The van der Waals surface area contributed by atoms with Gasteiger partial charge < -0.3 is 4.90 Å². The predicted octanol–water partition coefficient (Wildman–Crippen LogP) is 3.54. The highest BCUT2D eigenvalue weighted by Crippen LogP contribution is 2.25. The minimum absolute atomic E-state index is 0.568. The van der Waals surface area contributed by atoms with Crippen molar-refractivity contribution in [3.05, 3.63) is 24.3 Å². The Morgan fingerprint density at radius 3 is 2.44 bits per heavy atom. The third-order valence-corrected chi connectivity index (χ3v) is 3.22. The van der Waals surface area contributed by atoms with E-state index in [1.807, 2.05) is 18.8 Å². The Morgan fingerprint density at radius 1 is 1.31 bits per heavy atom. The van der Waals surface area contributed by atoms with Gasteiger partial charge in [-0.15, -0.1) is 11.8 Å². The second kappa shape index (κ2) is 6.44. The summed E-state index contributed by atoms with van der Waals surface area (Å²) in [5, 5.41) is 9.14. The molecule has 0 saturated carbocycles. The zero-order valence-corrected chi connectivity index (χ0v) is 10.9. The fraction of sp³-hybridized carbons (Fsp3) is 0.462. The molecule has 86 valence electrons. The highest BCUT2D eigenvalue weighted by molar-refractivity contribution is 7.99. The first kappa shape index (κ1) is 12.9. The zero-order valence-electron chi connectivity index (χ0n) is 10.1. The van der Waals surface area contributed by atoms with Crippen LogP contribution in [0.5, 0.6) is 0 Å². The maximum Gasteiger partial charge on any atom is 0.0640 e. The maximum atomic E-state index is 8.53. The van der Waals surface area contributed by atoms with E-state index in [4.69, 9.17) is 5.26 Å². The van der Waals surface area contributed by atoms with Gasteiger partial charge in [-0.2, -0.15) is 5.26 Å². The zero-order chi connectivity index (χ0) is 12.0. The van der Waals surface area contributed by atoms with Gasteiger partial charge in [0.1, 0.15) is 0 Å². The van der Waals surface area contributed by atoms with Crippen LogP contribution in [0, 0.1) is 11.3 Å². The average molecular weight is 234 g/mol. The van der Waals surface area contributed by atoms with Gasteiger partial charge >= 0.3 is 0 Å². The summed E-state index contributed by atoms with van der Waals surface area (Å²) in [6.45, 7) is 5.17. The topological polar surface area (TPSA) is 27.0 Å². The van der Waals surface area contributed by atoms with Crippen LogP contribution in [0.1, 0.15) is 20.3 Å². The predicted molar refractivity (Wildman–Crippen MR) is 70.9 cm³/mol. The minimum Gasteiger partial charge on any atom is -0.374 e. The van der Waals surface area contributed by atoms with Crippen LogP contribution in [-0.4, -0.2) is 18.8 Å². The summed E-state index contributed by atoms with van der Waals surface area (Å²) in [5.41, 5.74) is 1.17. The number of nitrogens with zero attached hydrogens (tertiary/aromatic N) is 2. The lowest BCUT2D eigenvalue weighted by Crippen LogP contribution is -2.17. The summed E-state index contributed by atoms with van der Waals surface area (Å²) in [4.78, 5) is 3.40. The van der Waals surface area contributed by atoms with E-state index in [0.717, 1.165) is 6.54 Å². The molecule has 0 radical (unpaired) electrons. The molecular formula is C13H18N2S. The molecule has 0 heterocycles. The molecule has 0 amide bonds. The van der Waals surface area contributed by atoms with Crippen molar-refractivity contribution in [1.29, 1.82) is 5.26 Å². The number of hydrogen-bond donors (Lipinski definition) is 0. The lowest BCUT2D eigenvalue weighted by atomic mass is 10.3. The number of benzene rings is 1. The van der Waals surface area contributed by atoms with E-state index in [1.54, 1.807) is 0 Å². The van der Waals surface area contributed by atoms with Crippen LogP contribution in [0.4, 0.5) is 5.69 Å². The van der Waals surface area contributed by atoms with Crippen LogP contribution in [0.2, 0.25) is 0 Å². The van der Waals surface area contributed by atoms with Crippen LogP contribution < -0.4 is 4.90 Å². The molecule has 1 rings (SSSR count). The number of thioether (sulfide) groups is 1. The van der Waals surface area contributed by atoms with Crippen LogP contribution in [-0.2, 0) is 0 Å². The van der Waals surface area contributed by atoms with Crippen molar-refractivity contribution in [1.82, 2.24) is 0 Å². The average Bonchev–Trinajstić information content (AvgIpc) is 2.26. The van der Waals surface area contributed by atoms with Crippen molar-refractivity contribution >= 4 is 17.4 Å². The largest absolute Gasteiger partial charge is 0.374 e. The van der Waals surface area contributed by atoms with E-state index in [2.05, 4.69) is 49.1 Å². The molecule has 0 aliphatic carbocycles. The van der Waals surface area contributed by atoms with Gasteiger partial charge in [-0.1, -0.05) is 13.8 Å². The van der Waals surface area contributed by atoms with Crippen molar-refractivity contribution in [3.8, 4) is 6.07 Å². The molecule has 0 aliphatic heterocycles. The number of hydrogen-bond acceptors (Lipinski definition) is 3. The van der Waals surface area contributed by atoms with Gasteiger partial charge in [0.15, 0.2) is 0 Å². The van der Waals surface area contributed by atoms with E-state index in [1.165, 1.54) is 10.6 Å². The molecule has 0 saturated heterocycles. The first-order valence-electron chi connectivity index (χ1n) is 5.48. The molecule has 3 heteroatoms. The molecular weight excluding hydrogens is 216 g/mol. The minimum atomic E-state index is 0.568. The molecule has 1 aromatic rings. The smallest absolute Gasteiger partial charge is 0.0640 e. The van der Waals surface area contributed by atoms with Gasteiger partial charge in [0.2, 0.25) is 0 Å². The van der Waals surface area contributed by atoms with Gasteiger partial charge in [-0.25, -0.2) is 0 Å². The van der Waals surface area contributed by atoms with Crippen LogP contribution in [0.3, 0.4) is 0 Å². The number of rotatable bonds is 5. The Balaban J connectivity index is 2.60. The first-order valence-corrected chi connectivity index (χ1v) is 6.36.